The van der Waals surface area contributed by atoms with Gasteiger partial charge >= 0.3 is 0 Å². The van der Waals surface area contributed by atoms with E-state index in [1.807, 2.05) is 18.2 Å². The molecular formula is C18H18N2O3S. The number of anilines is 1. The Labute approximate surface area is 141 Å². The van der Waals surface area contributed by atoms with Crippen LogP contribution in [0.25, 0.3) is 0 Å². The monoisotopic (exact) mass is 342 g/mol. The van der Waals surface area contributed by atoms with E-state index in [0.29, 0.717) is 35.7 Å². The Hall–Kier alpha value is -2.18. The molecule has 2 aromatic carbocycles. The molecule has 24 heavy (non-hydrogen) atoms. The third-order valence-corrected chi connectivity index (χ3v) is 6.57. The van der Waals surface area contributed by atoms with E-state index in [2.05, 4.69) is 5.32 Å². The van der Waals surface area contributed by atoms with Gasteiger partial charge in [-0.1, -0.05) is 18.2 Å². The van der Waals surface area contributed by atoms with Gasteiger partial charge in [0.2, 0.25) is 10.0 Å². The van der Waals surface area contributed by atoms with Crippen molar-refractivity contribution < 1.29 is 13.2 Å². The van der Waals surface area contributed by atoms with Crippen LogP contribution in [0.15, 0.2) is 47.4 Å². The summed E-state index contributed by atoms with van der Waals surface area (Å²) in [5.74, 6) is -0.153. The lowest BCUT2D eigenvalue weighted by Gasteiger charge is -2.17. The lowest BCUT2D eigenvalue weighted by atomic mass is 10.0. The Morgan fingerprint density at radius 2 is 1.71 bits per heavy atom. The van der Waals surface area contributed by atoms with Gasteiger partial charge in [0, 0.05) is 30.8 Å². The summed E-state index contributed by atoms with van der Waals surface area (Å²) < 4.78 is 27.0. The molecule has 2 heterocycles. The minimum absolute atomic E-state index is 0.153. The van der Waals surface area contributed by atoms with Gasteiger partial charge in [-0.2, -0.15) is 4.31 Å². The van der Waals surface area contributed by atoms with Crippen LogP contribution in [-0.4, -0.2) is 31.7 Å². The zero-order valence-electron chi connectivity index (χ0n) is 13.2. The van der Waals surface area contributed by atoms with Crippen molar-refractivity contribution in [3.05, 3.63) is 59.2 Å². The van der Waals surface area contributed by atoms with E-state index in [0.717, 1.165) is 24.0 Å². The molecule has 6 heteroatoms. The molecule has 1 saturated heterocycles. The molecule has 0 atom stereocenters. The third kappa shape index (κ3) is 2.52. The maximum absolute atomic E-state index is 12.8. The van der Waals surface area contributed by atoms with E-state index in [9.17, 15) is 13.2 Å². The van der Waals surface area contributed by atoms with E-state index in [-0.39, 0.29) is 5.91 Å². The molecule has 2 aliphatic rings. The normalized spacial score (nSPS) is 17.8. The number of hydrogen-bond donors (Lipinski definition) is 1. The van der Waals surface area contributed by atoms with Crippen molar-refractivity contribution in [2.45, 2.75) is 24.2 Å². The van der Waals surface area contributed by atoms with Gasteiger partial charge in [0.05, 0.1) is 4.90 Å². The van der Waals surface area contributed by atoms with Crippen molar-refractivity contribution in [2.75, 3.05) is 18.4 Å². The van der Waals surface area contributed by atoms with Crippen LogP contribution in [0.3, 0.4) is 0 Å². The van der Waals surface area contributed by atoms with Gasteiger partial charge in [-0.25, -0.2) is 8.42 Å². The molecular weight excluding hydrogens is 324 g/mol. The van der Waals surface area contributed by atoms with Crippen molar-refractivity contribution >= 4 is 21.6 Å². The van der Waals surface area contributed by atoms with Gasteiger partial charge in [0.1, 0.15) is 0 Å². The summed E-state index contributed by atoms with van der Waals surface area (Å²) in [5, 5.41) is 2.88. The van der Waals surface area contributed by atoms with E-state index in [4.69, 9.17) is 0 Å². The molecule has 1 fully saturated rings. The third-order valence-electron chi connectivity index (χ3n) is 4.67. The van der Waals surface area contributed by atoms with E-state index in [1.54, 1.807) is 24.3 Å². The summed E-state index contributed by atoms with van der Waals surface area (Å²) >= 11 is 0. The van der Waals surface area contributed by atoms with Gasteiger partial charge in [-0.05, 0) is 48.2 Å². The van der Waals surface area contributed by atoms with Crippen molar-refractivity contribution in [2.24, 2.45) is 0 Å². The van der Waals surface area contributed by atoms with Gasteiger partial charge in [-0.15, -0.1) is 0 Å². The molecule has 0 bridgehead atoms. The number of carbonyl (C=O) groups excluding carboxylic acids is 1. The minimum atomic E-state index is -3.45. The largest absolute Gasteiger partial charge is 0.322 e. The standard InChI is InChI=1S/C18H18N2O3S/c21-18-16-6-2-1-5-13(16)11-14-12-15(7-8-17(14)19-18)24(22,23)20-9-3-4-10-20/h1-2,5-8,12H,3-4,9-11H2,(H,19,21). The van der Waals surface area contributed by atoms with Crippen LogP contribution >= 0.6 is 0 Å². The highest BCUT2D eigenvalue weighted by Crippen LogP contribution is 2.30. The quantitative estimate of drug-likeness (QED) is 0.912. The average molecular weight is 342 g/mol. The van der Waals surface area contributed by atoms with Crippen molar-refractivity contribution in [1.29, 1.82) is 0 Å². The van der Waals surface area contributed by atoms with Gasteiger partial charge in [0.25, 0.3) is 5.91 Å². The molecule has 0 unspecified atom stereocenters. The lowest BCUT2D eigenvalue weighted by Crippen LogP contribution is -2.28. The Kier molecular flexibility index (Phi) is 3.66. The first-order valence-corrected chi connectivity index (χ1v) is 9.52. The lowest BCUT2D eigenvalue weighted by molar-refractivity contribution is 0.102. The van der Waals surface area contributed by atoms with Crippen molar-refractivity contribution in [3.63, 3.8) is 0 Å². The predicted octanol–water partition coefficient (Wildman–Crippen LogP) is 2.63. The first-order chi connectivity index (χ1) is 11.6. The van der Waals surface area contributed by atoms with Crippen LogP contribution in [0.4, 0.5) is 5.69 Å². The van der Waals surface area contributed by atoms with Crippen LogP contribution in [0.1, 0.15) is 34.3 Å². The molecule has 2 aliphatic heterocycles. The fourth-order valence-electron chi connectivity index (χ4n) is 3.37. The summed E-state index contributed by atoms with van der Waals surface area (Å²) in [6, 6.07) is 12.4. The topological polar surface area (TPSA) is 66.5 Å². The first-order valence-electron chi connectivity index (χ1n) is 8.08. The molecule has 124 valence electrons. The molecule has 4 rings (SSSR count). The smallest absolute Gasteiger partial charge is 0.255 e. The number of rotatable bonds is 2. The number of benzene rings is 2. The summed E-state index contributed by atoms with van der Waals surface area (Å²) in [7, 11) is -3.45. The van der Waals surface area contributed by atoms with Crippen molar-refractivity contribution in [1.82, 2.24) is 4.31 Å². The molecule has 0 spiro atoms. The maximum atomic E-state index is 12.8. The van der Waals surface area contributed by atoms with Gasteiger partial charge in [0.15, 0.2) is 0 Å². The number of hydrogen-bond acceptors (Lipinski definition) is 3. The number of sulfonamides is 1. The fourth-order valence-corrected chi connectivity index (χ4v) is 4.94. The second-order valence-electron chi connectivity index (χ2n) is 6.22. The molecule has 0 radical (unpaired) electrons. The Morgan fingerprint density at radius 3 is 2.50 bits per heavy atom. The Bertz CT molecular complexity index is 916. The van der Waals surface area contributed by atoms with E-state index in [1.165, 1.54) is 4.31 Å². The van der Waals surface area contributed by atoms with Crippen LogP contribution in [-0.2, 0) is 16.4 Å². The highest BCUT2D eigenvalue weighted by molar-refractivity contribution is 7.89. The van der Waals surface area contributed by atoms with Gasteiger partial charge in [-0.3, -0.25) is 4.79 Å². The first kappa shape index (κ1) is 15.4. The van der Waals surface area contributed by atoms with Crippen LogP contribution < -0.4 is 5.32 Å². The van der Waals surface area contributed by atoms with E-state index >= 15 is 0 Å². The SMILES string of the molecule is O=C1Nc2ccc(S(=O)(=O)N3CCCC3)cc2Cc2ccccc21. The minimum Gasteiger partial charge on any atom is -0.322 e. The number of fused-ring (bicyclic) bond motifs is 2. The molecule has 1 N–H and O–H groups in total. The predicted molar refractivity (Wildman–Crippen MR) is 91.6 cm³/mol. The van der Waals surface area contributed by atoms with Crippen LogP contribution in [0.5, 0.6) is 0 Å². The number of nitrogens with zero attached hydrogens (tertiary/aromatic N) is 1. The molecule has 2 aromatic rings. The highest BCUT2D eigenvalue weighted by atomic mass is 32.2. The summed E-state index contributed by atoms with van der Waals surface area (Å²) in [6.07, 6.45) is 2.36. The summed E-state index contributed by atoms with van der Waals surface area (Å²) in [6.45, 7) is 1.16. The summed E-state index contributed by atoms with van der Waals surface area (Å²) in [5.41, 5.74) is 3.05. The second kappa shape index (κ2) is 5.72. The number of nitrogens with one attached hydrogen (secondary N) is 1. The second-order valence-corrected chi connectivity index (χ2v) is 8.16. The molecule has 0 saturated carbocycles. The Balaban J connectivity index is 1.77. The van der Waals surface area contributed by atoms with Crippen LogP contribution in [0, 0.1) is 0 Å². The zero-order chi connectivity index (χ0) is 16.7. The average Bonchev–Trinajstić information content (AvgIpc) is 3.07. The number of carbonyl (C=O) groups is 1. The summed E-state index contributed by atoms with van der Waals surface area (Å²) in [4.78, 5) is 12.6. The fraction of sp³-hybridized carbons (Fsp3) is 0.278. The maximum Gasteiger partial charge on any atom is 0.255 e. The number of amides is 1. The molecule has 0 aromatic heterocycles. The Morgan fingerprint density at radius 1 is 0.958 bits per heavy atom. The van der Waals surface area contributed by atoms with Gasteiger partial charge < -0.3 is 5.32 Å². The molecule has 5 nitrogen and oxygen atoms in total. The zero-order valence-corrected chi connectivity index (χ0v) is 14.0. The molecule has 1 amide bonds. The molecule has 0 aliphatic carbocycles. The van der Waals surface area contributed by atoms with E-state index < -0.39 is 10.0 Å². The highest BCUT2D eigenvalue weighted by Gasteiger charge is 2.28. The van der Waals surface area contributed by atoms with Crippen molar-refractivity contribution in [3.8, 4) is 0 Å². The van der Waals surface area contributed by atoms with Crippen LogP contribution in [0.2, 0.25) is 0 Å².